The molecule has 1 heteroatoms. The van der Waals surface area contributed by atoms with Crippen LogP contribution < -0.4 is 0 Å². The first kappa shape index (κ1) is 11.9. The zero-order chi connectivity index (χ0) is 11.5. The molecule has 1 aliphatic heterocycles. The summed E-state index contributed by atoms with van der Waals surface area (Å²) in [6.45, 7) is 15.0. The molecular weight excluding hydrogens is 199 g/mol. The highest BCUT2D eigenvalue weighted by atomic mass is 31.1. The van der Waals surface area contributed by atoms with E-state index in [4.69, 9.17) is 0 Å². The van der Waals surface area contributed by atoms with E-state index < -0.39 is 0 Å². The first-order valence-electron chi connectivity index (χ1n) is 6.46. The zero-order valence-electron chi connectivity index (χ0n) is 11.4. The van der Waals surface area contributed by atoms with Crippen LogP contribution in [0.3, 0.4) is 0 Å². The van der Waals surface area contributed by atoms with E-state index in [1.54, 1.807) is 0 Å². The monoisotopic (exact) mass is 226 g/mol. The maximum Gasteiger partial charge on any atom is -0.0139 e. The molecule has 1 saturated carbocycles. The van der Waals surface area contributed by atoms with Gasteiger partial charge in [0.1, 0.15) is 0 Å². The Labute approximate surface area is 97.0 Å². The van der Waals surface area contributed by atoms with Crippen LogP contribution in [-0.2, 0) is 0 Å². The number of rotatable bonds is 0. The molecule has 1 spiro atoms. The van der Waals surface area contributed by atoms with Crippen molar-refractivity contribution in [3.05, 3.63) is 0 Å². The fraction of sp³-hybridized carbons (Fsp3) is 1.00. The van der Waals surface area contributed by atoms with Gasteiger partial charge in [-0.05, 0) is 47.1 Å². The predicted molar refractivity (Wildman–Crippen MR) is 71.1 cm³/mol. The SMILES string of the molecule is CC1CC2(CC2)CC(C)(C)P1C(C)(C)C. The van der Waals surface area contributed by atoms with Crippen molar-refractivity contribution in [2.75, 3.05) is 0 Å². The van der Waals surface area contributed by atoms with E-state index in [-0.39, 0.29) is 7.92 Å². The van der Waals surface area contributed by atoms with Gasteiger partial charge in [-0.25, -0.2) is 0 Å². The molecule has 2 atom stereocenters. The number of hydrogen-bond donors (Lipinski definition) is 0. The molecule has 0 radical (unpaired) electrons. The highest BCUT2D eigenvalue weighted by molar-refractivity contribution is 7.61. The average Bonchev–Trinajstić information content (AvgIpc) is 2.59. The van der Waals surface area contributed by atoms with Crippen molar-refractivity contribution in [2.45, 2.75) is 83.2 Å². The van der Waals surface area contributed by atoms with E-state index in [2.05, 4.69) is 41.5 Å². The third-order valence-corrected chi connectivity index (χ3v) is 8.28. The summed E-state index contributed by atoms with van der Waals surface area (Å²) in [5, 5.41) is 1.15. The maximum absolute atomic E-state index is 2.54. The Kier molecular flexibility index (Phi) is 2.56. The maximum atomic E-state index is 2.54. The molecule has 1 saturated heterocycles. The summed E-state index contributed by atoms with van der Waals surface area (Å²) in [5.41, 5.74) is 1.78. The Morgan fingerprint density at radius 1 is 1.13 bits per heavy atom. The summed E-state index contributed by atoms with van der Waals surface area (Å²) in [4.78, 5) is 0. The van der Waals surface area contributed by atoms with Crippen molar-refractivity contribution in [3.63, 3.8) is 0 Å². The molecule has 15 heavy (non-hydrogen) atoms. The van der Waals surface area contributed by atoms with Crippen molar-refractivity contribution < 1.29 is 0 Å². The molecule has 88 valence electrons. The Hall–Kier alpha value is 0.430. The second-order valence-corrected chi connectivity index (χ2v) is 11.8. The molecule has 1 aliphatic carbocycles. The van der Waals surface area contributed by atoms with Crippen molar-refractivity contribution >= 4 is 7.92 Å². The van der Waals surface area contributed by atoms with Gasteiger partial charge in [-0.3, -0.25) is 0 Å². The standard InChI is InChI=1S/C14H27P/c1-11-9-14(7-8-14)10-13(5,6)15(11)12(2,3)4/h11H,7-10H2,1-6H3. The summed E-state index contributed by atoms with van der Waals surface area (Å²) in [5.74, 6) is 0. The largest absolute Gasteiger partial charge is 0.0924 e. The van der Waals surface area contributed by atoms with Gasteiger partial charge in [0.05, 0.1) is 0 Å². The molecule has 0 N–H and O–H groups in total. The first-order chi connectivity index (χ1) is 6.66. The third kappa shape index (κ3) is 2.12. The molecule has 2 unspecified atom stereocenters. The van der Waals surface area contributed by atoms with E-state index in [1.165, 1.54) is 25.7 Å². The fourth-order valence-corrected chi connectivity index (χ4v) is 9.92. The molecule has 0 nitrogen and oxygen atoms in total. The van der Waals surface area contributed by atoms with Crippen molar-refractivity contribution in [2.24, 2.45) is 5.41 Å². The molecule has 2 fully saturated rings. The van der Waals surface area contributed by atoms with Crippen LogP contribution in [0.25, 0.3) is 0 Å². The van der Waals surface area contributed by atoms with Gasteiger partial charge >= 0.3 is 0 Å². The van der Waals surface area contributed by atoms with Gasteiger partial charge in [-0.15, -0.1) is 0 Å². The highest BCUT2D eigenvalue weighted by Gasteiger charge is 2.56. The summed E-state index contributed by atoms with van der Waals surface area (Å²) in [7, 11) is 0.164. The molecule has 0 aromatic heterocycles. The van der Waals surface area contributed by atoms with Gasteiger partial charge < -0.3 is 0 Å². The van der Waals surface area contributed by atoms with Crippen LogP contribution in [0.4, 0.5) is 0 Å². The Balaban J connectivity index is 2.24. The minimum atomic E-state index is 0.164. The fourth-order valence-electron chi connectivity index (χ4n) is 4.52. The smallest absolute Gasteiger partial charge is 0.0139 e. The minimum absolute atomic E-state index is 0.164. The van der Waals surface area contributed by atoms with Gasteiger partial charge in [0, 0.05) is 0 Å². The minimum Gasteiger partial charge on any atom is -0.0924 e. The van der Waals surface area contributed by atoms with E-state index in [9.17, 15) is 0 Å². The first-order valence-corrected chi connectivity index (χ1v) is 7.87. The topological polar surface area (TPSA) is 0 Å². The van der Waals surface area contributed by atoms with Crippen molar-refractivity contribution in [3.8, 4) is 0 Å². The molecule has 0 bridgehead atoms. The Morgan fingerprint density at radius 3 is 2.00 bits per heavy atom. The van der Waals surface area contributed by atoms with Crippen LogP contribution >= 0.6 is 7.92 Å². The van der Waals surface area contributed by atoms with E-state index >= 15 is 0 Å². The number of hydrogen-bond acceptors (Lipinski definition) is 0. The van der Waals surface area contributed by atoms with Crippen LogP contribution in [0, 0.1) is 5.41 Å². The van der Waals surface area contributed by atoms with Gasteiger partial charge in [-0.2, -0.15) is 0 Å². The lowest BCUT2D eigenvalue weighted by atomic mass is 9.88. The van der Waals surface area contributed by atoms with Crippen molar-refractivity contribution in [1.82, 2.24) is 0 Å². The third-order valence-electron chi connectivity index (χ3n) is 4.31. The second kappa shape index (κ2) is 3.22. The van der Waals surface area contributed by atoms with Crippen LogP contribution in [0.2, 0.25) is 0 Å². The van der Waals surface area contributed by atoms with E-state index in [0.717, 1.165) is 11.1 Å². The average molecular weight is 226 g/mol. The quantitative estimate of drug-likeness (QED) is 0.509. The zero-order valence-corrected chi connectivity index (χ0v) is 12.2. The Bertz CT molecular complexity index is 255. The molecular formula is C14H27P. The highest BCUT2D eigenvalue weighted by Crippen LogP contribution is 2.74. The normalized spacial score (nSPS) is 38.0. The van der Waals surface area contributed by atoms with Crippen LogP contribution in [0.1, 0.15) is 67.2 Å². The van der Waals surface area contributed by atoms with Crippen molar-refractivity contribution in [1.29, 1.82) is 0 Å². The summed E-state index contributed by atoms with van der Waals surface area (Å²) < 4.78 is 0. The van der Waals surface area contributed by atoms with Gasteiger partial charge in [0.25, 0.3) is 0 Å². The summed E-state index contributed by atoms with van der Waals surface area (Å²) in [6.07, 6.45) is 6.08. The molecule has 0 aromatic carbocycles. The molecule has 2 rings (SSSR count). The van der Waals surface area contributed by atoms with E-state index in [0.29, 0.717) is 10.3 Å². The predicted octanol–water partition coefficient (Wildman–Crippen LogP) is 5.01. The lowest BCUT2D eigenvalue weighted by Crippen LogP contribution is -2.40. The molecule has 0 amide bonds. The van der Waals surface area contributed by atoms with Crippen LogP contribution in [0.5, 0.6) is 0 Å². The molecule has 2 aliphatic rings. The molecule has 0 aromatic rings. The lowest BCUT2D eigenvalue weighted by molar-refractivity contribution is 0.349. The summed E-state index contributed by atoms with van der Waals surface area (Å²) >= 11 is 0. The lowest BCUT2D eigenvalue weighted by Gasteiger charge is -2.53. The van der Waals surface area contributed by atoms with E-state index in [1.807, 2.05) is 0 Å². The molecule has 1 heterocycles. The van der Waals surface area contributed by atoms with Crippen LogP contribution in [0.15, 0.2) is 0 Å². The van der Waals surface area contributed by atoms with Gasteiger partial charge in [0.15, 0.2) is 0 Å². The second-order valence-electron chi connectivity index (χ2n) is 7.58. The summed E-state index contributed by atoms with van der Waals surface area (Å²) in [6, 6.07) is 0. The van der Waals surface area contributed by atoms with Crippen LogP contribution in [-0.4, -0.2) is 16.0 Å². The van der Waals surface area contributed by atoms with Gasteiger partial charge in [-0.1, -0.05) is 49.5 Å². The Morgan fingerprint density at radius 2 is 1.67 bits per heavy atom. The van der Waals surface area contributed by atoms with Gasteiger partial charge in [0.2, 0.25) is 0 Å².